The summed E-state index contributed by atoms with van der Waals surface area (Å²) in [5, 5.41) is 17.8. The molecular weight excluding hydrogens is 396 g/mol. The lowest BCUT2D eigenvalue weighted by molar-refractivity contribution is -0.117. The summed E-state index contributed by atoms with van der Waals surface area (Å²) in [5.41, 5.74) is 2.64. The fourth-order valence-electron chi connectivity index (χ4n) is 2.75. The van der Waals surface area contributed by atoms with Gasteiger partial charge in [-0.2, -0.15) is 4.80 Å². The molecule has 2 N–H and O–H groups in total. The first kappa shape index (κ1) is 19.8. The van der Waals surface area contributed by atoms with Crippen LogP contribution in [0.5, 0.6) is 0 Å². The van der Waals surface area contributed by atoms with E-state index in [2.05, 4.69) is 36.0 Å². The molecule has 2 heterocycles. The van der Waals surface area contributed by atoms with Crippen LogP contribution in [0.1, 0.15) is 16.2 Å². The number of nitrogens with zero attached hydrogens (tertiary/aromatic N) is 6. The highest BCUT2D eigenvalue weighted by atomic mass is 16.2. The normalized spacial score (nSPS) is 10.5. The second-order valence-corrected chi connectivity index (χ2v) is 6.60. The second kappa shape index (κ2) is 8.91. The van der Waals surface area contributed by atoms with Gasteiger partial charge >= 0.3 is 0 Å². The molecule has 0 aliphatic heterocycles. The lowest BCUT2D eigenvalue weighted by Gasteiger charge is -2.08. The van der Waals surface area contributed by atoms with Crippen LogP contribution < -0.4 is 10.6 Å². The Morgan fingerprint density at radius 2 is 1.71 bits per heavy atom. The van der Waals surface area contributed by atoms with Crippen LogP contribution in [0.25, 0.3) is 11.4 Å². The van der Waals surface area contributed by atoms with E-state index in [4.69, 9.17) is 0 Å². The molecule has 10 heteroatoms. The van der Waals surface area contributed by atoms with Gasteiger partial charge in [0.2, 0.25) is 11.7 Å². The second-order valence-electron chi connectivity index (χ2n) is 6.60. The Bertz CT molecular complexity index is 1210. The molecule has 0 aliphatic carbocycles. The molecule has 0 fully saturated rings. The van der Waals surface area contributed by atoms with Gasteiger partial charge in [-0.15, -0.1) is 10.2 Å². The number of aromatic nitrogens is 6. The van der Waals surface area contributed by atoms with Gasteiger partial charge in [0.15, 0.2) is 0 Å². The number of benzene rings is 2. The maximum atomic E-state index is 12.5. The van der Waals surface area contributed by atoms with Gasteiger partial charge in [0.1, 0.15) is 12.2 Å². The van der Waals surface area contributed by atoms with Gasteiger partial charge in [-0.1, -0.05) is 30.3 Å². The largest absolute Gasteiger partial charge is 0.324 e. The van der Waals surface area contributed by atoms with E-state index in [9.17, 15) is 9.59 Å². The zero-order chi connectivity index (χ0) is 21.6. The Labute approximate surface area is 177 Å². The maximum Gasteiger partial charge on any atom is 0.275 e. The average Bonchev–Trinajstić information content (AvgIpc) is 3.23. The van der Waals surface area contributed by atoms with E-state index < -0.39 is 5.91 Å². The standard InChI is InChI=1S/C21H18N8O2/c1-14-11-23-18(12-22-14)21(31)25-17-10-6-5-9-16(17)20-26-28-29(27-20)13-19(30)24-15-7-3-2-4-8-15/h2-12H,13H2,1H3,(H,24,30)(H,25,31). The maximum absolute atomic E-state index is 12.5. The number of tetrazole rings is 1. The van der Waals surface area contributed by atoms with Crippen molar-refractivity contribution >= 4 is 23.2 Å². The molecule has 4 aromatic rings. The molecule has 0 saturated heterocycles. The lowest BCUT2D eigenvalue weighted by Crippen LogP contribution is -2.20. The summed E-state index contributed by atoms with van der Waals surface area (Å²) in [6.07, 6.45) is 2.93. The van der Waals surface area contributed by atoms with Gasteiger partial charge in [0.25, 0.3) is 5.91 Å². The van der Waals surface area contributed by atoms with E-state index in [1.807, 2.05) is 18.2 Å². The number of carbonyl (C=O) groups excluding carboxylic acids is 2. The SMILES string of the molecule is Cc1cnc(C(=O)Nc2ccccc2-c2nnn(CC(=O)Nc3ccccc3)n2)cn1. The summed E-state index contributed by atoms with van der Waals surface area (Å²) < 4.78 is 0. The van der Waals surface area contributed by atoms with Crippen LogP contribution in [0.4, 0.5) is 11.4 Å². The average molecular weight is 414 g/mol. The molecule has 31 heavy (non-hydrogen) atoms. The van der Waals surface area contributed by atoms with Crippen molar-refractivity contribution in [2.45, 2.75) is 13.5 Å². The predicted molar refractivity (Wildman–Crippen MR) is 113 cm³/mol. The number of aryl methyl sites for hydroxylation is 1. The van der Waals surface area contributed by atoms with Crippen LogP contribution in [-0.2, 0) is 11.3 Å². The number of para-hydroxylation sites is 2. The van der Waals surface area contributed by atoms with Crippen LogP contribution in [-0.4, -0.2) is 42.0 Å². The third-order valence-corrected chi connectivity index (χ3v) is 4.23. The Balaban J connectivity index is 1.48. The highest BCUT2D eigenvalue weighted by molar-refractivity contribution is 6.04. The molecule has 0 bridgehead atoms. The summed E-state index contributed by atoms with van der Waals surface area (Å²) in [6.45, 7) is 1.69. The minimum absolute atomic E-state index is 0.102. The fourth-order valence-corrected chi connectivity index (χ4v) is 2.75. The highest BCUT2D eigenvalue weighted by Crippen LogP contribution is 2.24. The van der Waals surface area contributed by atoms with Crippen molar-refractivity contribution < 1.29 is 9.59 Å². The number of rotatable bonds is 6. The zero-order valence-electron chi connectivity index (χ0n) is 16.6. The van der Waals surface area contributed by atoms with Crippen LogP contribution >= 0.6 is 0 Å². The van der Waals surface area contributed by atoms with E-state index in [0.717, 1.165) is 0 Å². The molecule has 0 aliphatic rings. The van der Waals surface area contributed by atoms with Crippen molar-refractivity contribution in [2.24, 2.45) is 0 Å². The number of hydrogen-bond donors (Lipinski definition) is 2. The Hall–Kier alpha value is -4.47. The van der Waals surface area contributed by atoms with Crippen LogP contribution in [0.15, 0.2) is 67.0 Å². The van der Waals surface area contributed by atoms with E-state index >= 15 is 0 Å². The van der Waals surface area contributed by atoms with Gasteiger partial charge < -0.3 is 10.6 Å². The molecule has 10 nitrogen and oxygen atoms in total. The quantitative estimate of drug-likeness (QED) is 0.495. The molecule has 2 aromatic carbocycles. The minimum atomic E-state index is -0.408. The van der Waals surface area contributed by atoms with E-state index in [1.54, 1.807) is 43.3 Å². The molecule has 0 saturated carbocycles. The Morgan fingerprint density at radius 3 is 2.48 bits per heavy atom. The van der Waals surface area contributed by atoms with Gasteiger partial charge in [-0.25, -0.2) is 4.98 Å². The first-order valence-electron chi connectivity index (χ1n) is 9.40. The Morgan fingerprint density at radius 1 is 0.935 bits per heavy atom. The number of nitrogens with one attached hydrogen (secondary N) is 2. The summed E-state index contributed by atoms with van der Waals surface area (Å²) >= 11 is 0. The monoisotopic (exact) mass is 414 g/mol. The smallest absolute Gasteiger partial charge is 0.275 e. The fraction of sp³-hybridized carbons (Fsp3) is 0.0952. The molecule has 0 atom stereocenters. The third-order valence-electron chi connectivity index (χ3n) is 4.23. The van der Waals surface area contributed by atoms with Gasteiger partial charge in [0, 0.05) is 17.4 Å². The Kier molecular flexibility index (Phi) is 5.70. The number of carbonyl (C=O) groups is 2. The molecule has 0 radical (unpaired) electrons. The van der Waals surface area contributed by atoms with Gasteiger partial charge in [0.05, 0.1) is 17.6 Å². The lowest BCUT2D eigenvalue weighted by atomic mass is 10.1. The predicted octanol–water partition coefficient (Wildman–Crippen LogP) is 2.33. The van der Waals surface area contributed by atoms with Crippen molar-refractivity contribution in [2.75, 3.05) is 10.6 Å². The number of anilines is 2. The number of hydrogen-bond acceptors (Lipinski definition) is 7. The number of amides is 2. The van der Waals surface area contributed by atoms with Crippen molar-refractivity contribution in [3.8, 4) is 11.4 Å². The van der Waals surface area contributed by atoms with Crippen LogP contribution in [0.3, 0.4) is 0 Å². The van der Waals surface area contributed by atoms with Crippen LogP contribution in [0, 0.1) is 6.92 Å². The van der Waals surface area contributed by atoms with E-state index in [0.29, 0.717) is 22.6 Å². The molecule has 0 unspecified atom stereocenters. The summed E-state index contributed by atoms with van der Waals surface area (Å²) in [6, 6.07) is 16.1. The molecule has 2 aromatic heterocycles. The molecule has 0 spiro atoms. The van der Waals surface area contributed by atoms with E-state index in [1.165, 1.54) is 17.2 Å². The van der Waals surface area contributed by atoms with Crippen molar-refractivity contribution in [1.29, 1.82) is 0 Å². The summed E-state index contributed by atoms with van der Waals surface area (Å²) in [5.74, 6) is -0.414. The molecule has 4 rings (SSSR count). The first-order chi connectivity index (χ1) is 15.1. The molecular formula is C21H18N8O2. The van der Waals surface area contributed by atoms with Crippen molar-refractivity contribution in [3.05, 3.63) is 78.4 Å². The van der Waals surface area contributed by atoms with Crippen LogP contribution in [0.2, 0.25) is 0 Å². The van der Waals surface area contributed by atoms with E-state index in [-0.39, 0.29) is 24.0 Å². The summed E-state index contributed by atoms with van der Waals surface area (Å²) in [7, 11) is 0. The third kappa shape index (κ3) is 4.93. The molecule has 154 valence electrons. The first-order valence-corrected chi connectivity index (χ1v) is 9.40. The van der Waals surface area contributed by atoms with Gasteiger partial charge in [-0.05, 0) is 36.4 Å². The topological polar surface area (TPSA) is 128 Å². The highest BCUT2D eigenvalue weighted by Gasteiger charge is 2.15. The molecule has 2 amide bonds. The minimum Gasteiger partial charge on any atom is -0.324 e. The van der Waals surface area contributed by atoms with Crippen molar-refractivity contribution in [3.63, 3.8) is 0 Å². The zero-order valence-corrected chi connectivity index (χ0v) is 16.6. The van der Waals surface area contributed by atoms with Gasteiger partial charge in [-0.3, -0.25) is 14.6 Å². The summed E-state index contributed by atoms with van der Waals surface area (Å²) in [4.78, 5) is 34.1. The van der Waals surface area contributed by atoms with Crippen molar-refractivity contribution in [1.82, 2.24) is 30.2 Å².